The van der Waals surface area contributed by atoms with Crippen LogP contribution in [0.3, 0.4) is 0 Å². The lowest BCUT2D eigenvalue weighted by atomic mass is 9.94. The molecule has 0 aliphatic carbocycles. The Bertz CT molecular complexity index is 505. The highest BCUT2D eigenvalue weighted by Gasteiger charge is 2.21. The summed E-state index contributed by atoms with van der Waals surface area (Å²) >= 11 is 0. The smallest absolute Gasteiger partial charge is 0.240 e. The number of nitrogens with one attached hydrogen (secondary N) is 2. The van der Waals surface area contributed by atoms with Crippen LogP contribution >= 0.6 is 0 Å². The number of hydrogen-bond donors (Lipinski definition) is 2. The predicted molar refractivity (Wildman–Crippen MR) is 77.3 cm³/mol. The van der Waals surface area contributed by atoms with Gasteiger partial charge in [-0.1, -0.05) is 26.0 Å². The van der Waals surface area contributed by atoms with Crippen LogP contribution in [0.4, 0.5) is 5.69 Å². The van der Waals surface area contributed by atoms with Crippen LogP contribution < -0.4 is 10.9 Å². The minimum Gasteiger partial charge on any atom is -0.279 e. The molecule has 5 heteroatoms. The van der Waals surface area contributed by atoms with E-state index in [2.05, 4.69) is 21.1 Å². The molecule has 0 aromatic heterocycles. The molecular formula is C14H18N4O. The van der Waals surface area contributed by atoms with Crippen LogP contribution in [0.2, 0.25) is 0 Å². The van der Waals surface area contributed by atoms with E-state index in [1.807, 2.05) is 44.3 Å². The van der Waals surface area contributed by atoms with Gasteiger partial charge in [0.25, 0.3) is 0 Å². The van der Waals surface area contributed by atoms with Gasteiger partial charge in [-0.25, -0.2) is 5.43 Å². The van der Waals surface area contributed by atoms with Gasteiger partial charge in [0.2, 0.25) is 5.91 Å². The lowest BCUT2D eigenvalue weighted by Crippen LogP contribution is -2.31. The largest absolute Gasteiger partial charge is 0.279 e. The summed E-state index contributed by atoms with van der Waals surface area (Å²) in [5.41, 5.74) is 8.36. The standard InChI is InChI=1S/C14H18N4O/c1-3-8-15-16-12-6-4-11(5-7-12)14-10(2)9-13(19)17-18-14/h4-8,10,16H,3,9H2,1-2H3,(H,17,19). The molecule has 5 nitrogen and oxygen atoms in total. The summed E-state index contributed by atoms with van der Waals surface area (Å²) in [7, 11) is 0. The lowest BCUT2D eigenvalue weighted by Gasteiger charge is -2.19. The molecule has 0 saturated heterocycles. The van der Waals surface area contributed by atoms with Gasteiger partial charge in [0.15, 0.2) is 0 Å². The van der Waals surface area contributed by atoms with Crippen LogP contribution in [0.1, 0.15) is 32.3 Å². The maximum Gasteiger partial charge on any atom is 0.240 e. The zero-order valence-electron chi connectivity index (χ0n) is 11.2. The van der Waals surface area contributed by atoms with Crippen LogP contribution in [-0.2, 0) is 4.79 Å². The van der Waals surface area contributed by atoms with Crippen molar-refractivity contribution in [3.05, 3.63) is 29.8 Å². The zero-order chi connectivity index (χ0) is 13.7. The van der Waals surface area contributed by atoms with E-state index >= 15 is 0 Å². The Hall–Kier alpha value is -2.17. The Morgan fingerprint density at radius 1 is 1.47 bits per heavy atom. The van der Waals surface area contributed by atoms with Crippen LogP contribution in [0.5, 0.6) is 0 Å². The Balaban J connectivity index is 2.10. The second-order valence-electron chi connectivity index (χ2n) is 4.55. The summed E-state index contributed by atoms with van der Waals surface area (Å²) in [5.74, 6) is 0.120. The number of carbonyl (C=O) groups excluding carboxylic acids is 1. The van der Waals surface area contributed by atoms with E-state index in [1.54, 1.807) is 0 Å². The van der Waals surface area contributed by atoms with Gasteiger partial charge in [-0.3, -0.25) is 10.2 Å². The summed E-state index contributed by atoms with van der Waals surface area (Å²) in [5, 5.41) is 8.20. The monoisotopic (exact) mass is 258 g/mol. The van der Waals surface area contributed by atoms with E-state index < -0.39 is 0 Å². The van der Waals surface area contributed by atoms with E-state index in [9.17, 15) is 4.79 Å². The van der Waals surface area contributed by atoms with Crippen molar-refractivity contribution in [2.45, 2.75) is 26.7 Å². The van der Waals surface area contributed by atoms with Crippen LogP contribution in [-0.4, -0.2) is 17.8 Å². The van der Waals surface area contributed by atoms with Crippen molar-refractivity contribution in [1.29, 1.82) is 0 Å². The fourth-order valence-corrected chi connectivity index (χ4v) is 1.93. The van der Waals surface area contributed by atoms with Crippen molar-refractivity contribution in [3.63, 3.8) is 0 Å². The van der Waals surface area contributed by atoms with E-state index in [0.717, 1.165) is 23.4 Å². The molecule has 2 rings (SSSR count). The molecule has 0 fully saturated rings. The molecule has 0 saturated carbocycles. The molecule has 0 spiro atoms. The fraction of sp³-hybridized carbons (Fsp3) is 0.357. The molecule has 1 atom stereocenters. The highest BCUT2D eigenvalue weighted by molar-refractivity contribution is 6.05. The van der Waals surface area contributed by atoms with Gasteiger partial charge in [0.1, 0.15) is 0 Å². The Labute approximate surface area is 112 Å². The average Bonchev–Trinajstić information content (AvgIpc) is 2.40. The van der Waals surface area contributed by atoms with Gasteiger partial charge >= 0.3 is 0 Å². The highest BCUT2D eigenvalue weighted by Crippen LogP contribution is 2.18. The predicted octanol–water partition coefficient (Wildman–Crippen LogP) is 2.35. The van der Waals surface area contributed by atoms with Crippen molar-refractivity contribution in [2.24, 2.45) is 16.1 Å². The number of nitrogens with zero attached hydrogens (tertiary/aromatic N) is 2. The molecule has 1 heterocycles. The first kappa shape index (κ1) is 13.3. The molecule has 1 unspecified atom stereocenters. The summed E-state index contributed by atoms with van der Waals surface area (Å²) in [4.78, 5) is 11.2. The van der Waals surface area contributed by atoms with E-state index in [-0.39, 0.29) is 11.8 Å². The molecule has 1 aromatic rings. The minimum atomic E-state index is -0.0246. The molecule has 1 aliphatic heterocycles. The van der Waals surface area contributed by atoms with Crippen LogP contribution in [0, 0.1) is 5.92 Å². The molecular weight excluding hydrogens is 240 g/mol. The molecule has 1 aromatic carbocycles. The SMILES string of the molecule is CCC=NNc1ccc(C2=NNC(=O)CC2C)cc1. The Kier molecular flexibility index (Phi) is 4.28. The van der Waals surface area contributed by atoms with Gasteiger partial charge in [-0.15, -0.1) is 0 Å². The van der Waals surface area contributed by atoms with Crippen molar-refractivity contribution in [3.8, 4) is 0 Å². The highest BCUT2D eigenvalue weighted by atomic mass is 16.2. The van der Waals surface area contributed by atoms with Gasteiger partial charge in [0.05, 0.1) is 11.4 Å². The third-order valence-corrected chi connectivity index (χ3v) is 2.91. The second-order valence-corrected chi connectivity index (χ2v) is 4.55. The van der Waals surface area contributed by atoms with Gasteiger partial charge in [-0.2, -0.15) is 10.2 Å². The first-order chi connectivity index (χ1) is 9.20. The Morgan fingerprint density at radius 3 is 2.84 bits per heavy atom. The molecule has 2 N–H and O–H groups in total. The molecule has 0 bridgehead atoms. The number of rotatable bonds is 4. The Morgan fingerprint density at radius 2 is 2.21 bits per heavy atom. The molecule has 100 valence electrons. The van der Waals surface area contributed by atoms with Gasteiger partial charge in [0, 0.05) is 18.6 Å². The van der Waals surface area contributed by atoms with E-state index in [4.69, 9.17) is 0 Å². The quantitative estimate of drug-likeness (QED) is 0.643. The summed E-state index contributed by atoms with van der Waals surface area (Å²) < 4.78 is 0. The topological polar surface area (TPSA) is 65.8 Å². The maximum atomic E-state index is 11.2. The van der Waals surface area contributed by atoms with Crippen LogP contribution in [0.25, 0.3) is 0 Å². The lowest BCUT2D eigenvalue weighted by molar-refractivity contribution is -0.121. The normalized spacial score (nSPS) is 19.2. The molecule has 0 radical (unpaired) electrons. The van der Waals surface area contributed by atoms with Crippen LogP contribution in [0.15, 0.2) is 34.5 Å². The van der Waals surface area contributed by atoms with Crippen molar-refractivity contribution >= 4 is 23.5 Å². The molecule has 19 heavy (non-hydrogen) atoms. The van der Waals surface area contributed by atoms with Gasteiger partial charge < -0.3 is 0 Å². The number of anilines is 1. The third kappa shape index (κ3) is 3.40. The van der Waals surface area contributed by atoms with E-state index in [0.29, 0.717) is 6.42 Å². The summed E-state index contributed by atoms with van der Waals surface area (Å²) in [6.45, 7) is 4.04. The fourth-order valence-electron chi connectivity index (χ4n) is 1.93. The van der Waals surface area contributed by atoms with Crippen molar-refractivity contribution < 1.29 is 4.79 Å². The first-order valence-electron chi connectivity index (χ1n) is 6.45. The second kappa shape index (κ2) is 6.13. The maximum absolute atomic E-state index is 11.2. The third-order valence-electron chi connectivity index (χ3n) is 2.91. The van der Waals surface area contributed by atoms with Crippen molar-refractivity contribution in [2.75, 3.05) is 5.43 Å². The number of amides is 1. The minimum absolute atomic E-state index is 0.0246. The van der Waals surface area contributed by atoms with Gasteiger partial charge in [-0.05, 0) is 24.1 Å². The molecule has 1 aliphatic rings. The number of benzene rings is 1. The number of carbonyl (C=O) groups is 1. The average molecular weight is 258 g/mol. The number of hydrazone groups is 2. The molecule has 1 amide bonds. The zero-order valence-corrected chi connectivity index (χ0v) is 11.2. The number of hydrogen-bond acceptors (Lipinski definition) is 4. The van der Waals surface area contributed by atoms with Crippen molar-refractivity contribution in [1.82, 2.24) is 5.43 Å². The summed E-state index contributed by atoms with van der Waals surface area (Å²) in [6.07, 6.45) is 3.20. The van der Waals surface area contributed by atoms with E-state index in [1.165, 1.54) is 0 Å². The first-order valence-corrected chi connectivity index (χ1v) is 6.45. The summed E-state index contributed by atoms with van der Waals surface area (Å²) in [6, 6.07) is 7.87.